The van der Waals surface area contributed by atoms with Gasteiger partial charge in [0.05, 0.1) is 26.7 Å². The summed E-state index contributed by atoms with van der Waals surface area (Å²) in [6.07, 6.45) is 2.39. The van der Waals surface area contributed by atoms with E-state index < -0.39 is 5.41 Å². The van der Waals surface area contributed by atoms with Crippen LogP contribution in [-0.2, 0) is 5.41 Å². The molecular weight excluding hydrogens is 408 g/mol. The molecule has 3 nitrogen and oxygen atoms in total. The first-order valence-corrected chi connectivity index (χ1v) is 11.0. The lowest BCUT2D eigenvalue weighted by molar-refractivity contribution is 0.414. The molecule has 1 aliphatic carbocycles. The monoisotopic (exact) mass is 434 g/mol. The fourth-order valence-corrected chi connectivity index (χ4v) is 4.80. The molecule has 0 heterocycles. The summed E-state index contributed by atoms with van der Waals surface area (Å²) in [6.45, 7) is 0. The van der Waals surface area contributed by atoms with Crippen LogP contribution in [0.5, 0.6) is 17.2 Å². The van der Waals surface area contributed by atoms with E-state index in [0.29, 0.717) is 0 Å². The summed E-state index contributed by atoms with van der Waals surface area (Å²) in [5.41, 5.74) is 6.78. The normalized spacial score (nSPS) is 13.7. The molecule has 0 unspecified atom stereocenters. The van der Waals surface area contributed by atoms with Crippen LogP contribution in [0, 0.1) is 0 Å². The van der Waals surface area contributed by atoms with Gasteiger partial charge in [-0.1, -0.05) is 66.7 Å². The van der Waals surface area contributed by atoms with Gasteiger partial charge in [-0.25, -0.2) is 0 Å². The molecule has 33 heavy (non-hydrogen) atoms. The Balaban J connectivity index is 1.78. The molecule has 0 bridgehead atoms. The highest BCUT2D eigenvalue weighted by molar-refractivity contribution is 5.90. The highest BCUT2D eigenvalue weighted by Crippen LogP contribution is 2.51. The van der Waals surface area contributed by atoms with Crippen LogP contribution in [0.15, 0.2) is 103 Å². The Morgan fingerprint density at radius 3 is 1.45 bits per heavy atom. The van der Waals surface area contributed by atoms with E-state index in [9.17, 15) is 0 Å². The highest BCUT2D eigenvalue weighted by Gasteiger charge is 2.41. The van der Waals surface area contributed by atoms with Gasteiger partial charge in [0, 0.05) is 0 Å². The molecular formula is C30H26O3. The van der Waals surface area contributed by atoms with Crippen molar-refractivity contribution < 1.29 is 14.2 Å². The Labute approximate surface area is 194 Å². The van der Waals surface area contributed by atoms with E-state index in [1.54, 1.807) is 21.3 Å². The summed E-state index contributed by atoms with van der Waals surface area (Å²) in [6, 6.07) is 33.7. The van der Waals surface area contributed by atoms with Crippen molar-refractivity contribution >= 4 is 5.57 Å². The number of fused-ring (bicyclic) bond motifs is 1. The van der Waals surface area contributed by atoms with Gasteiger partial charge >= 0.3 is 0 Å². The predicted molar refractivity (Wildman–Crippen MR) is 132 cm³/mol. The van der Waals surface area contributed by atoms with Gasteiger partial charge in [0.25, 0.3) is 0 Å². The molecule has 0 fully saturated rings. The quantitative estimate of drug-likeness (QED) is 0.347. The second-order valence-corrected chi connectivity index (χ2v) is 8.10. The van der Waals surface area contributed by atoms with Crippen molar-refractivity contribution in [3.05, 3.63) is 131 Å². The third-order valence-corrected chi connectivity index (χ3v) is 6.49. The molecule has 0 N–H and O–H groups in total. The number of hydrogen-bond acceptors (Lipinski definition) is 3. The molecule has 0 aliphatic heterocycles. The molecule has 0 spiro atoms. The second-order valence-electron chi connectivity index (χ2n) is 8.10. The van der Waals surface area contributed by atoms with Crippen LogP contribution in [0.4, 0.5) is 0 Å². The van der Waals surface area contributed by atoms with Crippen LogP contribution < -0.4 is 14.2 Å². The Kier molecular flexibility index (Phi) is 5.39. The number of ether oxygens (including phenoxy) is 3. The maximum Gasteiger partial charge on any atom is 0.118 e. The fraction of sp³-hybridized carbons (Fsp3) is 0.133. The smallest absolute Gasteiger partial charge is 0.118 e. The van der Waals surface area contributed by atoms with Crippen LogP contribution in [0.2, 0.25) is 0 Å². The van der Waals surface area contributed by atoms with E-state index in [0.717, 1.165) is 22.8 Å². The van der Waals surface area contributed by atoms with Crippen molar-refractivity contribution in [2.75, 3.05) is 21.3 Å². The minimum absolute atomic E-state index is 0.440. The van der Waals surface area contributed by atoms with Crippen molar-refractivity contribution in [2.24, 2.45) is 0 Å². The third-order valence-electron chi connectivity index (χ3n) is 6.49. The van der Waals surface area contributed by atoms with Gasteiger partial charge in [-0.15, -0.1) is 0 Å². The summed E-state index contributed by atoms with van der Waals surface area (Å²) < 4.78 is 16.3. The van der Waals surface area contributed by atoms with E-state index in [4.69, 9.17) is 14.2 Å². The lowest BCUT2D eigenvalue weighted by Crippen LogP contribution is -2.25. The minimum atomic E-state index is -0.440. The zero-order valence-electron chi connectivity index (χ0n) is 19.0. The Bertz CT molecular complexity index is 1240. The van der Waals surface area contributed by atoms with Crippen LogP contribution in [0.25, 0.3) is 5.57 Å². The molecule has 0 saturated carbocycles. The largest absolute Gasteiger partial charge is 0.497 e. The zero-order valence-corrected chi connectivity index (χ0v) is 19.0. The molecule has 0 aromatic heterocycles. The Hall–Kier alpha value is -3.98. The van der Waals surface area contributed by atoms with Gasteiger partial charge in [0.1, 0.15) is 17.2 Å². The van der Waals surface area contributed by atoms with Crippen LogP contribution in [-0.4, -0.2) is 21.3 Å². The van der Waals surface area contributed by atoms with E-state index in [1.165, 1.54) is 27.8 Å². The molecule has 0 saturated heterocycles. The lowest BCUT2D eigenvalue weighted by atomic mass is 9.71. The van der Waals surface area contributed by atoms with Crippen molar-refractivity contribution in [2.45, 2.75) is 5.41 Å². The van der Waals surface area contributed by atoms with E-state index in [2.05, 4.69) is 66.7 Å². The molecule has 5 rings (SSSR count). The van der Waals surface area contributed by atoms with E-state index in [1.807, 2.05) is 36.4 Å². The van der Waals surface area contributed by atoms with Crippen molar-refractivity contribution in [1.82, 2.24) is 0 Å². The molecule has 3 heteroatoms. The predicted octanol–water partition coefficient (Wildman–Crippen LogP) is 6.49. The average molecular weight is 435 g/mol. The minimum Gasteiger partial charge on any atom is -0.497 e. The Morgan fingerprint density at radius 2 is 0.970 bits per heavy atom. The second kappa shape index (κ2) is 8.51. The summed E-state index contributed by atoms with van der Waals surface area (Å²) in [4.78, 5) is 0. The van der Waals surface area contributed by atoms with Gasteiger partial charge in [-0.05, 0) is 69.8 Å². The summed E-state index contributed by atoms with van der Waals surface area (Å²) in [5.74, 6) is 2.53. The maximum atomic E-state index is 5.44. The molecule has 4 aromatic rings. The molecule has 1 aliphatic rings. The molecule has 0 atom stereocenters. The molecule has 4 aromatic carbocycles. The third kappa shape index (κ3) is 3.46. The maximum absolute atomic E-state index is 5.44. The number of allylic oxidation sites excluding steroid dienone is 1. The topological polar surface area (TPSA) is 27.7 Å². The van der Waals surface area contributed by atoms with Crippen LogP contribution in [0.1, 0.15) is 27.8 Å². The van der Waals surface area contributed by atoms with Crippen molar-refractivity contribution in [1.29, 1.82) is 0 Å². The number of benzene rings is 4. The first kappa shape index (κ1) is 20.9. The van der Waals surface area contributed by atoms with Gasteiger partial charge < -0.3 is 14.2 Å². The van der Waals surface area contributed by atoms with Gasteiger partial charge in [0.2, 0.25) is 0 Å². The number of hydrogen-bond donors (Lipinski definition) is 0. The molecule has 0 radical (unpaired) electrons. The van der Waals surface area contributed by atoms with E-state index in [-0.39, 0.29) is 0 Å². The molecule has 0 amide bonds. The molecule has 164 valence electrons. The van der Waals surface area contributed by atoms with Crippen molar-refractivity contribution in [3.8, 4) is 17.2 Å². The average Bonchev–Trinajstić information content (AvgIpc) is 3.25. The summed E-state index contributed by atoms with van der Waals surface area (Å²) in [5, 5.41) is 0. The number of rotatable bonds is 6. The number of methoxy groups -OCH3 is 3. The standard InChI is InChI=1S/C30H26O3/c1-31-24-14-8-21(9-15-24)28-20-30(29-7-5-4-6-27(28)29,22-10-16-25(32-2)17-11-22)23-12-18-26(33-3)19-13-23/h4-20H,1-3H3. The van der Waals surface area contributed by atoms with Gasteiger partial charge in [0.15, 0.2) is 0 Å². The highest BCUT2D eigenvalue weighted by atomic mass is 16.5. The van der Waals surface area contributed by atoms with Crippen molar-refractivity contribution in [3.63, 3.8) is 0 Å². The first-order valence-electron chi connectivity index (χ1n) is 11.0. The SMILES string of the molecule is COc1ccc(C2=CC(c3ccc(OC)cc3)(c3ccc(OC)cc3)c3ccccc32)cc1. The van der Waals surface area contributed by atoms with Crippen LogP contribution in [0.3, 0.4) is 0 Å². The lowest BCUT2D eigenvalue weighted by Gasteiger charge is -2.31. The fourth-order valence-electron chi connectivity index (χ4n) is 4.80. The van der Waals surface area contributed by atoms with Gasteiger partial charge in [-0.3, -0.25) is 0 Å². The zero-order chi connectivity index (χ0) is 22.8. The summed E-state index contributed by atoms with van der Waals surface area (Å²) >= 11 is 0. The van der Waals surface area contributed by atoms with E-state index >= 15 is 0 Å². The first-order chi connectivity index (χ1) is 16.2. The van der Waals surface area contributed by atoms with Crippen LogP contribution >= 0.6 is 0 Å². The summed E-state index contributed by atoms with van der Waals surface area (Å²) in [7, 11) is 5.08. The van der Waals surface area contributed by atoms with Gasteiger partial charge in [-0.2, -0.15) is 0 Å². The Morgan fingerprint density at radius 1 is 0.515 bits per heavy atom.